The second-order valence-electron chi connectivity index (χ2n) is 19.5. The fourth-order valence-electron chi connectivity index (χ4n) is 11.3. The third-order valence-electron chi connectivity index (χ3n) is 15.1. The Morgan fingerprint density at radius 1 is 0.324 bits per heavy atom. The average molecular weight is 910 g/mol. The molecule has 13 rings (SSSR count). The molecule has 0 saturated heterocycles. The van der Waals surface area contributed by atoms with Crippen molar-refractivity contribution in [2.75, 3.05) is 0 Å². The van der Waals surface area contributed by atoms with Gasteiger partial charge in [-0.15, -0.1) is 0 Å². The van der Waals surface area contributed by atoms with Crippen LogP contribution in [0.2, 0.25) is 0 Å². The summed E-state index contributed by atoms with van der Waals surface area (Å²) in [4.78, 5) is 5.20. The van der Waals surface area contributed by atoms with Gasteiger partial charge in [0.25, 0.3) is 0 Å². The number of hydrogen-bond donors (Lipinski definition) is 2. The first-order valence-electron chi connectivity index (χ1n) is 24.8. The highest BCUT2D eigenvalue weighted by molar-refractivity contribution is 6.12. The van der Waals surface area contributed by atoms with E-state index in [0.717, 1.165) is 22.5 Å². The fraction of sp³-hybridized carbons (Fsp3) is 0.0735. The lowest BCUT2D eigenvalue weighted by atomic mass is 9.81. The molecule has 2 aliphatic rings. The molecule has 3 heteroatoms. The van der Waals surface area contributed by atoms with Crippen molar-refractivity contribution in [1.82, 2.24) is 10.6 Å². The van der Waals surface area contributed by atoms with Crippen LogP contribution in [0.15, 0.2) is 254 Å². The number of aliphatic imine (C=N–C) groups is 1. The minimum atomic E-state index is -0.207. The van der Waals surface area contributed by atoms with Crippen LogP contribution in [0.25, 0.3) is 88.3 Å². The third-order valence-corrected chi connectivity index (χ3v) is 15.1. The first-order valence-corrected chi connectivity index (χ1v) is 24.8. The van der Waals surface area contributed by atoms with Gasteiger partial charge in [0.05, 0.1) is 0 Å². The molecule has 11 aromatic carbocycles. The zero-order chi connectivity index (χ0) is 47.5. The molecule has 1 aliphatic heterocycles. The van der Waals surface area contributed by atoms with Crippen molar-refractivity contribution in [3.63, 3.8) is 0 Å². The lowest BCUT2D eigenvalue weighted by molar-refractivity contribution is 0.409. The summed E-state index contributed by atoms with van der Waals surface area (Å²) >= 11 is 0. The van der Waals surface area contributed by atoms with E-state index in [1.165, 1.54) is 99.4 Å². The molecule has 71 heavy (non-hydrogen) atoms. The Morgan fingerprint density at radius 3 is 1.37 bits per heavy atom. The van der Waals surface area contributed by atoms with Crippen LogP contribution in [-0.2, 0) is 5.41 Å². The number of benzene rings is 11. The molecule has 0 fully saturated rings. The Balaban J connectivity index is 0.792. The van der Waals surface area contributed by atoms with Crippen LogP contribution in [0.3, 0.4) is 0 Å². The number of hydrogen-bond acceptors (Lipinski definition) is 3. The molecule has 2 N–H and O–H groups in total. The smallest absolute Gasteiger partial charge is 0.131 e. The van der Waals surface area contributed by atoms with E-state index in [4.69, 9.17) is 4.99 Å². The van der Waals surface area contributed by atoms with Gasteiger partial charge in [0.15, 0.2) is 0 Å². The van der Waals surface area contributed by atoms with Gasteiger partial charge < -0.3 is 5.32 Å². The van der Waals surface area contributed by atoms with Gasteiger partial charge in [-0.2, -0.15) is 0 Å². The summed E-state index contributed by atoms with van der Waals surface area (Å²) < 4.78 is 0. The largest absolute Gasteiger partial charge is 0.350 e. The van der Waals surface area contributed by atoms with E-state index in [9.17, 15) is 0 Å². The number of amidine groups is 1. The molecule has 0 aromatic heterocycles. The number of fused-ring (bicyclic) bond motifs is 5. The molecule has 3 nitrogen and oxygen atoms in total. The molecule has 0 bridgehead atoms. The standard InChI is InChI=1S/C68H51N3/c1-68(2)63-24-14-13-23-61(63)62-38-37-52(43-64(62)68)46-25-29-47(30-26-46)53-39-41-59(57-21-11-9-19-55(53)57)60-42-40-54(56-20-10-12-22-58(56)60)48-31-35-51(36-32-48)67-70-65(49-17-7-4-8-18-49)69-66(71-67)50-33-27-45(28-34-50)44-15-5-3-6-16-44/h3-43,65,67,70H,1-2H3,(H,69,71). The molecule has 1 heterocycles. The summed E-state index contributed by atoms with van der Waals surface area (Å²) in [5.41, 5.74) is 21.0. The highest BCUT2D eigenvalue weighted by Crippen LogP contribution is 2.50. The second kappa shape index (κ2) is 17.4. The minimum Gasteiger partial charge on any atom is -0.350 e. The molecular weight excluding hydrogens is 859 g/mol. The van der Waals surface area contributed by atoms with E-state index in [1.54, 1.807) is 0 Å². The van der Waals surface area contributed by atoms with E-state index in [1.807, 2.05) is 0 Å². The third kappa shape index (κ3) is 7.54. The van der Waals surface area contributed by atoms with Gasteiger partial charge in [-0.1, -0.05) is 257 Å². The van der Waals surface area contributed by atoms with Gasteiger partial charge in [0.1, 0.15) is 18.2 Å². The lowest BCUT2D eigenvalue weighted by Crippen LogP contribution is -2.44. The van der Waals surface area contributed by atoms with E-state index < -0.39 is 0 Å². The highest BCUT2D eigenvalue weighted by atomic mass is 15.3. The quantitative estimate of drug-likeness (QED) is 0.159. The summed E-state index contributed by atoms with van der Waals surface area (Å²) in [5, 5.41) is 12.5. The SMILES string of the molecule is CC1(C)c2ccccc2-c2ccc(-c3ccc(-c4ccc(-c5ccc(-c6ccc(C7NC(c8ccc(-c9ccccc9)cc8)=NC(c8ccccc8)N7)cc6)c6ccccc56)c5ccccc45)cc3)cc21. The Kier molecular flexibility index (Phi) is 10.4. The van der Waals surface area contributed by atoms with Crippen molar-refractivity contribution in [3.8, 4) is 66.8 Å². The van der Waals surface area contributed by atoms with Crippen LogP contribution in [0.1, 0.15) is 54.0 Å². The number of nitrogens with one attached hydrogen (secondary N) is 2. The molecule has 11 aromatic rings. The van der Waals surface area contributed by atoms with E-state index in [-0.39, 0.29) is 17.7 Å². The van der Waals surface area contributed by atoms with Gasteiger partial charge >= 0.3 is 0 Å². The van der Waals surface area contributed by atoms with Crippen LogP contribution in [0.5, 0.6) is 0 Å². The predicted molar refractivity (Wildman–Crippen MR) is 297 cm³/mol. The maximum absolute atomic E-state index is 5.20. The molecule has 2 atom stereocenters. The average Bonchev–Trinajstić information content (AvgIpc) is 3.68. The van der Waals surface area contributed by atoms with Crippen molar-refractivity contribution in [1.29, 1.82) is 0 Å². The van der Waals surface area contributed by atoms with Gasteiger partial charge in [-0.05, 0) is 117 Å². The summed E-state index contributed by atoms with van der Waals surface area (Å²) in [6.45, 7) is 4.70. The second-order valence-corrected chi connectivity index (χ2v) is 19.5. The van der Waals surface area contributed by atoms with Gasteiger partial charge in [-0.3, -0.25) is 5.32 Å². The highest BCUT2D eigenvalue weighted by Gasteiger charge is 2.35. The van der Waals surface area contributed by atoms with Crippen LogP contribution in [0, 0.1) is 0 Å². The molecular formula is C68H51N3. The molecule has 0 saturated carbocycles. The van der Waals surface area contributed by atoms with Crippen molar-refractivity contribution >= 4 is 27.4 Å². The van der Waals surface area contributed by atoms with Crippen LogP contribution in [-0.4, -0.2) is 5.84 Å². The van der Waals surface area contributed by atoms with Gasteiger partial charge in [-0.25, -0.2) is 4.99 Å². The number of rotatable bonds is 8. The summed E-state index contributed by atoms with van der Waals surface area (Å²) in [6.07, 6.45) is -0.360. The molecule has 0 amide bonds. The van der Waals surface area contributed by atoms with Crippen LogP contribution in [0.4, 0.5) is 0 Å². The van der Waals surface area contributed by atoms with Crippen molar-refractivity contribution < 1.29 is 0 Å². The fourth-order valence-corrected chi connectivity index (χ4v) is 11.3. The zero-order valence-electron chi connectivity index (χ0n) is 39.8. The maximum Gasteiger partial charge on any atom is 0.131 e. The monoisotopic (exact) mass is 909 g/mol. The summed E-state index contributed by atoms with van der Waals surface area (Å²) in [7, 11) is 0. The normalized spacial score (nSPS) is 15.7. The maximum atomic E-state index is 5.20. The topological polar surface area (TPSA) is 36.4 Å². The van der Waals surface area contributed by atoms with E-state index in [0.29, 0.717) is 0 Å². The predicted octanol–water partition coefficient (Wildman–Crippen LogP) is 17.0. The van der Waals surface area contributed by atoms with Crippen LogP contribution < -0.4 is 10.6 Å². The summed E-state index contributed by atoms with van der Waals surface area (Å²) in [5.74, 6) is 0.869. The Hall–Kier alpha value is -8.63. The van der Waals surface area contributed by atoms with Crippen molar-refractivity contribution in [3.05, 3.63) is 277 Å². The molecule has 2 unspecified atom stereocenters. The minimum absolute atomic E-state index is 0.0298. The van der Waals surface area contributed by atoms with Gasteiger partial charge in [0, 0.05) is 11.0 Å². The zero-order valence-corrected chi connectivity index (χ0v) is 39.8. The molecule has 0 radical (unpaired) electrons. The Morgan fingerprint density at radius 2 is 0.746 bits per heavy atom. The Bertz CT molecular complexity index is 3820. The first kappa shape index (κ1) is 42.5. The van der Waals surface area contributed by atoms with E-state index in [2.05, 4.69) is 273 Å². The van der Waals surface area contributed by atoms with Gasteiger partial charge in [0.2, 0.25) is 0 Å². The van der Waals surface area contributed by atoms with Crippen molar-refractivity contribution in [2.45, 2.75) is 31.6 Å². The first-order chi connectivity index (χ1) is 34.9. The lowest BCUT2D eigenvalue weighted by Gasteiger charge is -2.32. The Labute approximate surface area is 415 Å². The molecule has 338 valence electrons. The number of nitrogens with zero attached hydrogens (tertiary/aromatic N) is 1. The van der Waals surface area contributed by atoms with Crippen molar-refractivity contribution in [2.24, 2.45) is 4.99 Å². The van der Waals surface area contributed by atoms with Crippen LogP contribution >= 0.6 is 0 Å². The van der Waals surface area contributed by atoms with E-state index >= 15 is 0 Å². The summed E-state index contributed by atoms with van der Waals surface area (Å²) in [6, 6.07) is 90.7. The molecule has 1 aliphatic carbocycles. The molecule has 0 spiro atoms.